The maximum absolute atomic E-state index is 13.7. The zero-order valence-corrected chi connectivity index (χ0v) is 24.1. The van der Waals surface area contributed by atoms with E-state index in [-0.39, 0.29) is 17.6 Å². The van der Waals surface area contributed by atoms with E-state index in [9.17, 15) is 9.18 Å². The van der Waals surface area contributed by atoms with Crippen molar-refractivity contribution < 1.29 is 9.18 Å². The van der Waals surface area contributed by atoms with E-state index < -0.39 is 0 Å². The number of hydrogen-bond acceptors (Lipinski definition) is 5. The Morgan fingerprint density at radius 1 is 0.881 bits per heavy atom. The predicted molar refractivity (Wildman–Crippen MR) is 163 cm³/mol. The zero-order chi connectivity index (χ0) is 29.1. The summed E-state index contributed by atoms with van der Waals surface area (Å²) in [5.41, 5.74) is 4.43. The minimum absolute atomic E-state index is 0.142. The van der Waals surface area contributed by atoms with Gasteiger partial charge in [-0.1, -0.05) is 67.6 Å². The fourth-order valence-electron chi connectivity index (χ4n) is 5.86. The Labute approximate surface area is 245 Å². The van der Waals surface area contributed by atoms with Gasteiger partial charge in [-0.15, -0.1) is 0 Å². The first-order valence-electron chi connectivity index (χ1n) is 14.7. The second kappa shape index (κ2) is 12.1. The Kier molecular flexibility index (Phi) is 7.95. The van der Waals surface area contributed by atoms with E-state index in [2.05, 4.69) is 24.0 Å². The van der Waals surface area contributed by atoms with Crippen LogP contribution in [-0.4, -0.2) is 56.7 Å². The Bertz CT molecular complexity index is 1670. The highest BCUT2D eigenvalue weighted by atomic mass is 19.1. The highest BCUT2D eigenvalue weighted by Gasteiger charge is 2.28. The number of carbonyl (C=O) groups excluding carboxylic acids is 1. The van der Waals surface area contributed by atoms with E-state index in [1.54, 1.807) is 16.8 Å². The Balaban J connectivity index is 1.35. The van der Waals surface area contributed by atoms with Gasteiger partial charge in [0.1, 0.15) is 17.5 Å². The summed E-state index contributed by atoms with van der Waals surface area (Å²) >= 11 is 0. The highest BCUT2D eigenvalue weighted by Crippen LogP contribution is 2.31. The van der Waals surface area contributed by atoms with Gasteiger partial charge in [-0.3, -0.25) is 4.79 Å². The number of rotatable bonds is 7. The van der Waals surface area contributed by atoms with Crippen LogP contribution in [0.1, 0.15) is 48.3 Å². The molecule has 7 nitrogen and oxygen atoms in total. The smallest absolute Gasteiger partial charge is 0.230 e. The molecule has 0 N–H and O–H groups in total. The van der Waals surface area contributed by atoms with Crippen LogP contribution in [0.2, 0.25) is 0 Å². The van der Waals surface area contributed by atoms with Gasteiger partial charge >= 0.3 is 0 Å². The monoisotopic (exact) mass is 562 g/mol. The van der Waals surface area contributed by atoms with Crippen molar-refractivity contribution in [2.24, 2.45) is 0 Å². The maximum Gasteiger partial charge on any atom is 0.230 e. The Morgan fingerprint density at radius 3 is 2.31 bits per heavy atom. The number of halogens is 1. The summed E-state index contributed by atoms with van der Waals surface area (Å²) in [7, 11) is 0. The highest BCUT2D eigenvalue weighted by molar-refractivity contribution is 5.91. The molecule has 6 rings (SSSR count). The summed E-state index contributed by atoms with van der Waals surface area (Å²) in [4.78, 5) is 28.1. The molecule has 1 fully saturated rings. The van der Waals surface area contributed by atoms with Crippen LogP contribution in [0.4, 0.5) is 10.2 Å². The summed E-state index contributed by atoms with van der Waals surface area (Å²) in [6.07, 6.45) is 2.17. The maximum atomic E-state index is 13.7. The molecule has 0 saturated carbocycles. The molecule has 1 aliphatic rings. The van der Waals surface area contributed by atoms with Crippen LogP contribution in [0.3, 0.4) is 0 Å². The van der Waals surface area contributed by atoms with Crippen LogP contribution in [0.5, 0.6) is 0 Å². The van der Waals surface area contributed by atoms with Crippen molar-refractivity contribution >= 4 is 22.8 Å². The number of fused-ring (bicyclic) bond motifs is 1. The summed E-state index contributed by atoms with van der Waals surface area (Å²) in [5, 5.41) is 5.71. The Morgan fingerprint density at radius 2 is 1.60 bits per heavy atom. The minimum atomic E-state index is -0.298. The summed E-state index contributed by atoms with van der Waals surface area (Å²) in [6, 6.07) is 26.5. The molecular formula is C34H35FN6O. The van der Waals surface area contributed by atoms with Crippen molar-refractivity contribution in [3.63, 3.8) is 0 Å². The molecule has 0 radical (unpaired) electrons. The molecule has 1 atom stereocenters. The molecule has 2 aromatic heterocycles. The molecule has 3 aromatic carbocycles. The minimum Gasteiger partial charge on any atom is -0.354 e. The van der Waals surface area contributed by atoms with Crippen molar-refractivity contribution in [1.29, 1.82) is 0 Å². The normalized spacial score (nSPS) is 14.6. The van der Waals surface area contributed by atoms with Gasteiger partial charge in [-0.25, -0.2) is 19.0 Å². The number of aryl methyl sites for hydroxylation is 1. The number of anilines is 1. The van der Waals surface area contributed by atoms with E-state index >= 15 is 0 Å². The quantitative estimate of drug-likeness (QED) is 0.240. The molecule has 3 heterocycles. The van der Waals surface area contributed by atoms with Gasteiger partial charge in [0.25, 0.3) is 0 Å². The second-order valence-electron chi connectivity index (χ2n) is 10.8. The van der Waals surface area contributed by atoms with Crippen LogP contribution in [0.25, 0.3) is 16.7 Å². The van der Waals surface area contributed by atoms with Gasteiger partial charge in [0.15, 0.2) is 5.65 Å². The summed E-state index contributed by atoms with van der Waals surface area (Å²) < 4.78 is 15.5. The molecule has 0 bridgehead atoms. The van der Waals surface area contributed by atoms with Crippen LogP contribution < -0.4 is 4.90 Å². The lowest BCUT2D eigenvalue weighted by Gasteiger charge is -2.26. The van der Waals surface area contributed by atoms with Crippen LogP contribution in [0, 0.1) is 12.7 Å². The number of hydrogen-bond donors (Lipinski definition) is 0. The fraction of sp³-hybridized carbons (Fsp3) is 0.294. The summed E-state index contributed by atoms with van der Waals surface area (Å²) in [5.74, 6) is 1.27. The first kappa shape index (κ1) is 27.6. The first-order chi connectivity index (χ1) is 20.5. The van der Waals surface area contributed by atoms with Gasteiger partial charge in [0.2, 0.25) is 5.91 Å². The zero-order valence-electron chi connectivity index (χ0n) is 24.1. The van der Waals surface area contributed by atoms with Gasteiger partial charge in [0.05, 0.1) is 22.7 Å². The number of amides is 1. The van der Waals surface area contributed by atoms with E-state index in [0.717, 1.165) is 53.1 Å². The van der Waals surface area contributed by atoms with Crippen molar-refractivity contribution in [1.82, 2.24) is 24.6 Å². The molecule has 0 aliphatic carbocycles. The second-order valence-corrected chi connectivity index (χ2v) is 10.8. The van der Waals surface area contributed by atoms with Crippen molar-refractivity contribution in [3.05, 3.63) is 113 Å². The number of nitrogens with zero attached hydrogens (tertiary/aromatic N) is 6. The average Bonchev–Trinajstić information content (AvgIpc) is 3.17. The van der Waals surface area contributed by atoms with Crippen LogP contribution in [0.15, 0.2) is 84.9 Å². The van der Waals surface area contributed by atoms with E-state index in [0.29, 0.717) is 37.5 Å². The van der Waals surface area contributed by atoms with Crippen LogP contribution >= 0.6 is 0 Å². The molecule has 5 aromatic rings. The summed E-state index contributed by atoms with van der Waals surface area (Å²) in [6.45, 7) is 6.79. The molecule has 1 saturated heterocycles. The third-order valence-electron chi connectivity index (χ3n) is 8.02. The fourth-order valence-corrected chi connectivity index (χ4v) is 5.86. The molecule has 1 amide bonds. The van der Waals surface area contributed by atoms with Gasteiger partial charge in [-0.2, -0.15) is 5.10 Å². The third-order valence-corrected chi connectivity index (χ3v) is 8.02. The average molecular weight is 563 g/mol. The first-order valence-corrected chi connectivity index (χ1v) is 14.7. The lowest BCUT2D eigenvalue weighted by Crippen LogP contribution is -2.38. The van der Waals surface area contributed by atoms with E-state index in [4.69, 9.17) is 15.1 Å². The Hall–Kier alpha value is -4.59. The predicted octanol–water partition coefficient (Wildman–Crippen LogP) is 6.09. The number of aromatic nitrogens is 4. The lowest BCUT2D eigenvalue weighted by molar-refractivity contribution is -0.132. The largest absolute Gasteiger partial charge is 0.354 e. The molecule has 0 spiro atoms. The van der Waals surface area contributed by atoms with Crippen molar-refractivity contribution in [3.8, 4) is 5.69 Å². The molecular weight excluding hydrogens is 527 g/mol. The standard InChI is InChI=1S/C34H35FN6O/c1-3-29(26-13-8-5-9-14-26)34(42)40-20-10-19-39(21-22-40)32-31-24(2)38-41(28-17-15-27(35)16-18-28)33(31)37-30(36-32)23-25-11-6-4-7-12-25/h4-9,11-18,29H,3,10,19-23H2,1-2H3. The van der Waals surface area contributed by atoms with E-state index in [1.165, 1.54) is 12.1 Å². The van der Waals surface area contributed by atoms with Gasteiger partial charge < -0.3 is 9.80 Å². The van der Waals surface area contributed by atoms with Crippen LogP contribution in [-0.2, 0) is 11.2 Å². The van der Waals surface area contributed by atoms with Gasteiger partial charge in [-0.05, 0) is 55.2 Å². The number of benzene rings is 3. The third kappa shape index (κ3) is 5.62. The molecule has 214 valence electrons. The van der Waals surface area contributed by atoms with Crippen molar-refractivity contribution in [2.45, 2.75) is 39.0 Å². The lowest BCUT2D eigenvalue weighted by atomic mass is 9.95. The van der Waals surface area contributed by atoms with E-state index in [1.807, 2.05) is 60.4 Å². The molecule has 1 aliphatic heterocycles. The molecule has 1 unspecified atom stereocenters. The van der Waals surface area contributed by atoms with Gasteiger partial charge in [0, 0.05) is 32.6 Å². The topological polar surface area (TPSA) is 67.2 Å². The molecule has 42 heavy (non-hydrogen) atoms. The molecule has 8 heteroatoms. The van der Waals surface area contributed by atoms with Crippen molar-refractivity contribution in [2.75, 3.05) is 31.1 Å². The SMILES string of the molecule is CCC(C(=O)N1CCCN(c2nc(Cc3ccccc3)nc3c2c(C)nn3-c2ccc(F)cc2)CC1)c1ccccc1. The number of carbonyl (C=O) groups is 1.